The summed E-state index contributed by atoms with van der Waals surface area (Å²) in [6.07, 6.45) is 10.0. The maximum Gasteiger partial charge on any atom is 0.0555 e. The number of hydrogen-bond donors (Lipinski definition) is 0. The first-order valence-corrected chi connectivity index (χ1v) is 7.47. The van der Waals surface area contributed by atoms with Crippen LogP contribution in [0.5, 0.6) is 0 Å². The van der Waals surface area contributed by atoms with Crippen molar-refractivity contribution in [2.24, 2.45) is 0 Å². The lowest BCUT2D eigenvalue weighted by Gasteiger charge is -2.21. The van der Waals surface area contributed by atoms with Gasteiger partial charge in [0, 0.05) is 12.3 Å². The van der Waals surface area contributed by atoms with Crippen molar-refractivity contribution in [2.45, 2.75) is 50.3 Å². The van der Waals surface area contributed by atoms with Crippen molar-refractivity contribution < 1.29 is 4.74 Å². The summed E-state index contributed by atoms with van der Waals surface area (Å²) in [4.78, 5) is 0. The fourth-order valence-corrected chi connectivity index (χ4v) is 3.88. The minimum absolute atomic E-state index is 0.0810. The molecule has 76 valence electrons. The lowest BCUT2D eigenvalue weighted by atomic mass is 10.2. The van der Waals surface area contributed by atoms with Crippen molar-refractivity contribution in [1.29, 1.82) is 0 Å². The molecule has 0 saturated carbocycles. The Morgan fingerprint density at radius 1 is 1.38 bits per heavy atom. The fraction of sp³-hybridized carbons (Fsp3) is 0.818. The van der Waals surface area contributed by atoms with Crippen LogP contribution < -0.4 is 0 Å². The topological polar surface area (TPSA) is 9.23 Å². The van der Waals surface area contributed by atoms with Gasteiger partial charge in [-0.2, -0.15) is 0 Å². The molecule has 0 aromatic rings. The van der Waals surface area contributed by atoms with Gasteiger partial charge in [0.15, 0.2) is 0 Å². The van der Waals surface area contributed by atoms with E-state index in [1.165, 1.54) is 44.6 Å². The molecule has 1 rings (SSSR count). The van der Waals surface area contributed by atoms with Gasteiger partial charge in [-0.3, -0.25) is 0 Å². The first kappa shape index (κ1) is 11.0. The molecule has 1 heterocycles. The number of unbranched alkanes of at least 4 members (excludes halogenated alkanes) is 2. The van der Waals surface area contributed by atoms with E-state index in [0.717, 1.165) is 12.3 Å². The third-order valence-electron chi connectivity index (χ3n) is 2.71. The average molecular weight is 198 g/mol. The molecule has 13 heavy (non-hydrogen) atoms. The molecule has 0 radical (unpaired) electrons. The van der Waals surface area contributed by atoms with E-state index in [0.29, 0.717) is 0 Å². The zero-order valence-electron chi connectivity index (χ0n) is 8.63. The summed E-state index contributed by atoms with van der Waals surface area (Å²) >= 11 is 0. The second-order valence-electron chi connectivity index (χ2n) is 3.92. The van der Waals surface area contributed by atoms with E-state index in [4.69, 9.17) is 4.74 Å². The molecule has 0 N–H and O–H groups in total. The van der Waals surface area contributed by atoms with Crippen LogP contribution in [-0.4, -0.2) is 21.9 Å². The van der Waals surface area contributed by atoms with E-state index in [1.807, 2.05) is 6.08 Å². The van der Waals surface area contributed by atoms with Crippen LogP contribution in [-0.2, 0) is 4.74 Å². The number of allylic oxidation sites excluding steroid dienone is 1. The third kappa shape index (κ3) is 5.27. The summed E-state index contributed by atoms with van der Waals surface area (Å²) in [7, 11) is 0.0810. The molecule has 0 aromatic carbocycles. The Hall–Kier alpha value is -0.0831. The van der Waals surface area contributed by atoms with Gasteiger partial charge in [0.2, 0.25) is 0 Å². The Morgan fingerprint density at radius 3 is 3.00 bits per heavy atom. The molecule has 1 aliphatic rings. The van der Waals surface area contributed by atoms with Crippen molar-refractivity contribution in [3.63, 3.8) is 0 Å². The Balaban J connectivity index is 1.89. The van der Waals surface area contributed by atoms with Crippen molar-refractivity contribution >= 4 is 9.52 Å². The molecule has 0 aromatic heterocycles. The highest BCUT2D eigenvalue weighted by Crippen LogP contribution is 2.13. The summed E-state index contributed by atoms with van der Waals surface area (Å²) in [6.45, 7) is 4.77. The van der Waals surface area contributed by atoms with E-state index in [-0.39, 0.29) is 9.52 Å². The van der Waals surface area contributed by atoms with Crippen LogP contribution in [0.3, 0.4) is 0 Å². The highest BCUT2D eigenvalue weighted by atomic mass is 28.2. The van der Waals surface area contributed by atoms with Gasteiger partial charge >= 0.3 is 0 Å². The van der Waals surface area contributed by atoms with E-state index >= 15 is 0 Å². The third-order valence-corrected chi connectivity index (χ3v) is 4.90. The van der Waals surface area contributed by atoms with Gasteiger partial charge in [0.25, 0.3) is 0 Å². The zero-order chi connectivity index (χ0) is 9.36. The molecule has 2 heteroatoms. The molecule has 1 saturated heterocycles. The Labute approximate surface area is 84.4 Å². The minimum atomic E-state index is 0.0810. The van der Waals surface area contributed by atoms with Crippen LogP contribution in [0, 0.1) is 0 Å². The number of rotatable bonds is 6. The molecule has 0 spiro atoms. The van der Waals surface area contributed by atoms with Gasteiger partial charge in [-0.15, -0.1) is 6.58 Å². The molecular formula is C11H22OSi. The van der Waals surface area contributed by atoms with E-state index < -0.39 is 0 Å². The Bertz CT molecular complexity index is 130. The molecule has 0 bridgehead atoms. The highest BCUT2D eigenvalue weighted by Gasteiger charge is 2.12. The SMILES string of the molecule is C=CCCCC[SiH2]C1CCCCO1. The number of hydrogen-bond acceptors (Lipinski definition) is 1. The second kappa shape index (κ2) is 7.33. The summed E-state index contributed by atoms with van der Waals surface area (Å²) < 4.78 is 5.73. The van der Waals surface area contributed by atoms with Gasteiger partial charge in [-0.05, 0) is 25.7 Å². The highest BCUT2D eigenvalue weighted by molar-refractivity contribution is 6.37. The van der Waals surface area contributed by atoms with Crippen LogP contribution >= 0.6 is 0 Å². The zero-order valence-corrected chi connectivity index (χ0v) is 10.0. The standard InChI is InChI=1S/C11H22OSi/c1-2-3-4-7-10-13-11-8-5-6-9-12-11/h2,11H,1,3-10,13H2. The largest absolute Gasteiger partial charge is 0.382 e. The Morgan fingerprint density at radius 2 is 2.31 bits per heavy atom. The second-order valence-corrected chi connectivity index (χ2v) is 6.11. The van der Waals surface area contributed by atoms with Gasteiger partial charge in [0.1, 0.15) is 0 Å². The predicted octanol–water partition coefficient (Wildman–Crippen LogP) is 2.46. The minimum Gasteiger partial charge on any atom is -0.382 e. The maximum absolute atomic E-state index is 5.73. The van der Waals surface area contributed by atoms with Crippen LogP contribution in [0.1, 0.15) is 38.5 Å². The monoisotopic (exact) mass is 198 g/mol. The molecule has 1 unspecified atom stereocenters. The van der Waals surface area contributed by atoms with E-state index in [1.54, 1.807) is 0 Å². The van der Waals surface area contributed by atoms with Crippen molar-refractivity contribution in [1.82, 2.24) is 0 Å². The summed E-state index contributed by atoms with van der Waals surface area (Å²) in [5.74, 6) is 0. The number of ether oxygens (including phenoxy) is 1. The Kier molecular flexibility index (Phi) is 6.20. The smallest absolute Gasteiger partial charge is 0.0555 e. The molecule has 1 nitrogen and oxygen atoms in total. The first-order chi connectivity index (χ1) is 6.43. The van der Waals surface area contributed by atoms with Gasteiger partial charge in [-0.25, -0.2) is 0 Å². The van der Waals surface area contributed by atoms with Gasteiger partial charge in [0.05, 0.1) is 9.52 Å². The summed E-state index contributed by atoms with van der Waals surface area (Å²) in [5, 5.41) is 0. The molecule has 1 fully saturated rings. The molecule has 1 aliphatic heterocycles. The molecule has 0 aliphatic carbocycles. The molecule has 0 amide bonds. The van der Waals surface area contributed by atoms with Gasteiger partial charge in [-0.1, -0.05) is 25.0 Å². The van der Waals surface area contributed by atoms with E-state index in [2.05, 4.69) is 6.58 Å². The lowest BCUT2D eigenvalue weighted by molar-refractivity contribution is 0.0649. The first-order valence-electron chi connectivity index (χ1n) is 5.66. The summed E-state index contributed by atoms with van der Waals surface area (Å²) in [6, 6.07) is 1.47. The van der Waals surface area contributed by atoms with Crippen molar-refractivity contribution in [3.8, 4) is 0 Å². The van der Waals surface area contributed by atoms with Crippen LogP contribution in [0.4, 0.5) is 0 Å². The van der Waals surface area contributed by atoms with Gasteiger partial charge < -0.3 is 4.74 Å². The van der Waals surface area contributed by atoms with Crippen molar-refractivity contribution in [3.05, 3.63) is 12.7 Å². The quantitative estimate of drug-likeness (QED) is 0.362. The maximum atomic E-state index is 5.73. The van der Waals surface area contributed by atoms with Crippen LogP contribution in [0.15, 0.2) is 12.7 Å². The average Bonchev–Trinajstić information content (AvgIpc) is 2.19. The van der Waals surface area contributed by atoms with Crippen LogP contribution in [0.25, 0.3) is 0 Å². The normalized spacial score (nSPS) is 23.8. The van der Waals surface area contributed by atoms with Crippen molar-refractivity contribution in [2.75, 3.05) is 6.61 Å². The van der Waals surface area contributed by atoms with Crippen LogP contribution in [0.2, 0.25) is 6.04 Å². The molecular weight excluding hydrogens is 176 g/mol. The summed E-state index contributed by atoms with van der Waals surface area (Å²) in [5.41, 5.74) is 0.720. The predicted molar refractivity (Wildman–Crippen MR) is 61.0 cm³/mol. The fourth-order valence-electron chi connectivity index (χ4n) is 1.87. The lowest BCUT2D eigenvalue weighted by Crippen LogP contribution is -2.25. The molecule has 1 atom stereocenters. The van der Waals surface area contributed by atoms with E-state index in [9.17, 15) is 0 Å².